The number of aryl methyl sites for hydroxylation is 1. The molecule has 4 rings (SSSR count). The van der Waals surface area contributed by atoms with E-state index in [0.717, 1.165) is 0 Å². The van der Waals surface area contributed by atoms with Gasteiger partial charge in [0.25, 0.3) is 0 Å². The topological polar surface area (TPSA) is 125 Å². The van der Waals surface area contributed by atoms with E-state index in [9.17, 15) is 25.2 Å². The van der Waals surface area contributed by atoms with Crippen LogP contribution in [-0.4, -0.2) is 57.0 Å². The van der Waals surface area contributed by atoms with Crippen LogP contribution in [0.5, 0.6) is 5.75 Å². The standard InChI is InChI=1S/C20H19Cl2NO7/c1-7-3-10(21)19-13(14(7)25)15(26)9-5-12(22)23(20(9)30-19)11-4-8(6-24)18(29-2)17(28)16(11)27/h3-5,11,16-18,24-25,27-28H,6H2,1-2H3/t11-,16-,17-,18-/m1/s1. The zero-order chi connectivity index (χ0) is 21.9. The number of aliphatic hydroxyl groups is 3. The Labute approximate surface area is 180 Å². The first-order valence-corrected chi connectivity index (χ1v) is 9.82. The van der Waals surface area contributed by atoms with E-state index in [4.69, 9.17) is 32.4 Å². The van der Waals surface area contributed by atoms with Crippen LogP contribution in [0.4, 0.5) is 0 Å². The third-order valence-corrected chi connectivity index (χ3v) is 6.08. The van der Waals surface area contributed by atoms with E-state index in [1.165, 1.54) is 29.9 Å². The third kappa shape index (κ3) is 2.95. The van der Waals surface area contributed by atoms with Crippen molar-refractivity contribution < 1.29 is 29.6 Å². The van der Waals surface area contributed by atoms with Crippen LogP contribution in [0, 0.1) is 6.92 Å². The quantitative estimate of drug-likeness (QED) is 0.446. The number of rotatable bonds is 3. The summed E-state index contributed by atoms with van der Waals surface area (Å²) in [6.07, 6.45) is -2.12. The summed E-state index contributed by atoms with van der Waals surface area (Å²) in [6, 6.07) is 1.86. The molecule has 1 aliphatic carbocycles. The van der Waals surface area contributed by atoms with Gasteiger partial charge in [0.1, 0.15) is 34.6 Å². The zero-order valence-electron chi connectivity index (χ0n) is 16.0. The summed E-state index contributed by atoms with van der Waals surface area (Å²) in [5.74, 6) is -0.243. The van der Waals surface area contributed by atoms with Gasteiger partial charge in [-0.15, -0.1) is 0 Å². The molecule has 2 aromatic heterocycles. The third-order valence-electron chi connectivity index (χ3n) is 5.51. The molecule has 30 heavy (non-hydrogen) atoms. The van der Waals surface area contributed by atoms with Crippen LogP contribution in [0.1, 0.15) is 11.6 Å². The number of hydrogen-bond acceptors (Lipinski definition) is 7. The van der Waals surface area contributed by atoms with Gasteiger partial charge in [0.05, 0.1) is 23.1 Å². The van der Waals surface area contributed by atoms with Crippen LogP contribution >= 0.6 is 23.2 Å². The Hall–Kier alpha value is -2.07. The Morgan fingerprint density at radius 3 is 2.57 bits per heavy atom. The molecule has 160 valence electrons. The van der Waals surface area contributed by atoms with E-state index < -0.39 is 36.4 Å². The molecule has 8 nitrogen and oxygen atoms in total. The molecule has 0 unspecified atom stereocenters. The molecule has 2 heterocycles. The molecule has 3 aromatic rings. The first kappa shape index (κ1) is 21.2. The summed E-state index contributed by atoms with van der Waals surface area (Å²) >= 11 is 12.6. The van der Waals surface area contributed by atoms with Crippen LogP contribution < -0.4 is 5.43 Å². The second kappa shape index (κ2) is 7.56. The van der Waals surface area contributed by atoms with Gasteiger partial charge in [-0.2, -0.15) is 0 Å². The lowest BCUT2D eigenvalue weighted by Gasteiger charge is -2.36. The summed E-state index contributed by atoms with van der Waals surface area (Å²) in [6.45, 7) is 1.19. The Morgan fingerprint density at radius 2 is 1.93 bits per heavy atom. The molecule has 0 spiro atoms. The van der Waals surface area contributed by atoms with E-state index in [1.807, 2.05) is 0 Å². The largest absolute Gasteiger partial charge is 0.507 e. The number of halogens is 2. The summed E-state index contributed by atoms with van der Waals surface area (Å²) < 4.78 is 12.4. The fourth-order valence-electron chi connectivity index (χ4n) is 3.99. The van der Waals surface area contributed by atoms with Crippen molar-refractivity contribution in [3.63, 3.8) is 0 Å². The number of aromatic hydroxyl groups is 1. The van der Waals surface area contributed by atoms with E-state index in [-0.39, 0.29) is 38.0 Å². The van der Waals surface area contributed by atoms with Crippen LogP contribution in [0.2, 0.25) is 10.2 Å². The normalized spacial score (nSPS) is 24.6. The summed E-state index contributed by atoms with van der Waals surface area (Å²) in [4.78, 5) is 13.1. The SMILES string of the molecule is CO[C@@H]1C(CO)=C[C@@H](n2c(Cl)cc3c(=O)c4c(O)c(C)cc(Cl)c4oc32)[C@@H](O)[C@H]1O. The minimum atomic E-state index is -1.37. The maximum atomic E-state index is 13.1. The highest BCUT2D eigenvalue weighted by atomic mass is 35.5. The molecular formula is C20H19Cl2NO7. The lowest BCUT2D eigenvalue weighted by molar-refractivity contribution is -0.0827. The average Bonchev–Trinajstić information content (AvgIpc) is 3.04. The smallest absolute Gasteiger partial charge is 0.213 e. The lowest BCUT2D eigenvalue weighted by Crippen LogP contribution is -2.48. The monoisotopic (exact) mass is 455 g/mol. The van der Waals surface area contributed by atoms with E-state index in [1.54, 1.807) is 6.92 Å². The second-order valence-electron chi connectivity index (χ2n) is 7.24. The number of methoxy groups -OCH3 is 1. The van der Waals surface area contributed by atoms with Gasteiger partial charge in [-0.05, 0) is 30.2 Å². The Bertz CT molecular complexity index is 1250. The number of aliphatic hydroxyl groups excluding tert-OH is 3. The minimum Gasteiger partial charge on any atom is -0.507 e. The van der Waals surface area contributed by atoms with Crippen LogP contribution in [0.15, 0.2) is 33.0 Å². The van der Waals surface area contributed by atoms with Crippen LogP contribution in [-0.2, 0) is 4.74 Å². The summed E-state index contributed by atoms with van der Waals surface area (Å²) in [5.41, 5.74) is 0.190. The number of phenolic OH excluding ortho intramolecular Hbond substituents is 1. The van der Waals surface area contributed by atoms with Gasteiger partial charge < -0.3 is 29.6 Å². The Balaban J connectivity index is 2.05. The summed E-state index contributed by atoms with van der Waals surface area (Å²) in [7, 11) is 1.35. The van der Waals surface area contributed by atoms with Gasteiger partial charge in [0.15, 0.2) is 5.58 Å². The maximum Gasteiger partial charge on any atom is 0.213 e. The van der Waals surface area contributed by atoms with Crippen molar-refractivity contribution in [1.29, 1.82) is 0 Å². The molecule has 1 aromatic carbocycles. The van der Waals surface area contributed by atoms with Crippen molar-refractivity contribution in [3.05, 3.63) is 49.7 Å². The molecular weight excluding hydrogens is 437 g/mol. The molecule has 0 saturated heterocycles. The number of phenols is 1. The second-order valence-corrected chi connectivity index (χ2v) is 8.04. The molecule has 4 N–H and O–H groups in total. The fourth-order valence-corrected chi connectivity index (χ4v) is 4.58. The minimum absolute atomic E-state index is 0.00306. The number of benzene rings is 1. The molecule has 4 atom stereocenters. The molecule has 0 saturated carbocycles. The highest BCUT2D eigenvalue weighted by Gasteiger charge is 2.40. The van der Waals surface area contributed by atoms with Crippen molar-refractivity contribution in [2.24, 2.45) is 0 Å². The van der Waals surface area contributed by atoms with Crippen molar-refractivity contribution in [1.82, 2.24) is 4.57 Å². The molecule has 0 radical (unpaired) electrons. The number of fused-ring (bicyclic) bond motifs is 2. The number of aromatic nitrogens is 1. The number of nitrogens with zero attached hydrogens (tertiary/aromatic N) is 1. The van der Waals surface area contributed by atoms with Gasteiger partial charge >= 0.3 is 0 Å². The van der Waals surface area contributed by atoms with Crippen LogP contribution in [0.25, 0.3) is 22.1 Å². The molecule has 0 aliphatic heterocycles. The lowest BCUT2D eigenvalue weighted by atomic mass is 9.88. The van der Waals surface area contributed by atoms with Crippen molar-refractivity contribution in [3.8, 4) is 5.75 Å². The summed E-state index contributed by atoms with van der Waals surface area (Å²) in [5, 5.41) is 41.4. The van der Waals surface area contributed by atoms with Crippen molar-refractivity contribution >= 4 is 45.3 Å². The van der Waals surface area contributed by atoms with Gasteiger partial charge in [-0.1, -0.05) is 29.3 Å². The molecule has 10 heteroatoms. The highest BCUT2D eigenvalue weighted by Crippen LogP contribution is 2.39. The van der Waals surface area contributed by atoms with Crippen molar-refractivity contribution in [2.75, 3.05) is 13.7 Å². The molecule has 0 fully saturated rings. The van der Waals surface area contributed by atoms with Crippen molar-refractivity contribution in [2.45, 2.75) is 31.3 Å². The molecule has 0 bridgehead atoms. The van der Waals surface area contributed by atoms with Gasteiger partial charge in [0, 0.05) is 7.11 Å². The van der Waals surface area contributed by atoms with E-state index in [2.05, 4.69) is 0 Å². The fraction of sp³-hybridized carbons (Fsp3) is 0.350. The number of hydrogen-bond donors (Lipinski definition) is 4. The van der Waals surface area contributed by atoms with Gasteiger partial charge in [-0.3, -0.25) is 9.36 Å². The zero-order valence-corrected chi connectivity index (χ0v) is 17.5. The van der Waals surface area contributed by atoms with Gasteiger partial charge in [-0.25, -0.2) is 0 Å². The highest BCUT2D eigenvalue weighted by molar-refractivity contribution is 6.35. The average molecular weight is 456 g/mol. The Kier molecular flexibility index (Phi) is 5.34. The van der Waals surface area contributed by atoms with Crippen LogP contribution in [0.3, 0.4) is 0 Å². The maximum absolute atomic E-state index is 13.1. The Morgan fingerprint density at radius 1 is 1.23 bits per heavy atom. The molecule has 0 amide bonds. The van der Waals surface area contributed by atoms with Gasteiger partial charge in [0.2, 0.25) is 11.1 Å². The van der Waals surface area contributed by atoms with E-state index in [0.29, 0.717) is 11.1 Å². The predicted octanol–water partition coefficient (Wildman–Crippen LogP) is 2.28. The van der Waals surface area contributed by atoms with E-state index >= 15 is 0 Å². The molecule has 1 aliphatic rings. The number of ether oxygens (including phenoxy) is 1. The first-order chi connectivity index (χ1) is 14.2. The predicted molar refractivity (Wildman–Crippen MR) is 111 cm³/mol. The first-order valence-electron chi connectivity index (χ1n) is 9.06.